The van der Waals surface area contributed by atoms with Crippen LogP contribution in [0.1, 0.15) is 18.5 Å². The van der Waals surface area contributed by atoms with E-state index in [1.165, 1.54) is 0 Å². The van der Waals surface area contributed by atoms with Crippen molar-refractivity contribution in [2.24, 2.45) is 0 Å². The highest BCUT2D eigenvalue weighted by Crippen LogP contribution is 2.37. The molecule has 10 heteroatoms. The molecule has 3 heterocycles. The number of hydrogen-bond acceptors (Lipinski definition) is 5. The van der Waals surface area contributed by atoms with Crippen LogP contribution in [-0.4, -0.2) is 25.7 Å². The predicted octanol–water partition coefficient (Wildman–Crippen LogP) is 6.23. The van der Waals surface area contributed by atoms with E-state index in [9.17, 15) is 4.79 Å². The van der Waals surface area contributed by atoms with Gasteiger partial charge in [0.2, 0.25) is 5.95 Å². The Labute approximate surface area is 210 Å². The Kier molecular flexibility index (Phi) is 6.00. The monoisotopic (exact) mass is 510 g/mol. The maximum absolute atomic E-state index is 13.4. The van der Waals surface area contributed by atoms with Crippen LogP contribution in [0.4, 0.5) is 11.6 Å². The summed E-state index contributed by atoms with van der Waals surface area (Å²) in [5.41, 5.74) is 3.26. The summed E-state index contributed by atoms with van der Waals surface area (Å²) in [6.45, 7) is 1.83. The number of rotatable bonds is 4. The first-order valence-electron chi connectivity index (χ1n) is 10.3. The summed E-state index contributed by atoms with van der Waals surface area (Å²) in [5.74, 6) is 0.661. The number of fused-ring (bicyclic) bond motifs is 1. The highest BCUT2D eigenvalue weighted by molar-refractivity contribution is 6.42. The summed E-state index contributed by atoms with van der Waals surface area (Å²) < 4.78 is 1.69. The zero-order chi connectivity index (χ0) is 23.8. The second kappa shape index (κ2) is 9.10. The van der Waals surface area contributed by atoms with Crippen molar-refractivity contribution in [1.29, 1.82) is 0 Å². The standard InChI is InChI=1S/C24H17Cl3N6O/c1-13-20(23(34)30-17-3-2-10-28-12-17)21(14-4-7-16(25)8-5-14)33-24(29-13)31-22(32-33)15-6-9-18(26)19(27)11-15/h2-12,21H,1H3,(H,30,34)(H,29,31,32). The molecule has 7 nitrogen and oxygen atoms in total. The number of halogens is 3. The van der Waals surface area contributed by atoms with E-state index in [1.807, 2.05) is 19.1 Å². The first kappa shape index (κ1) is 22.4. The summed E-state index contributed by atoms with van der Waals surface area (Å²) in [5, 5.41) is 12.3. The molecule has 0 saturated heterocycles. The average molecular weight is 512 g/mol. The maximum Gasteiger partial charge on any atom is 0.255 e. The van der Waals surface area contributed by atoms with Gasteiger partial charge in [0.15, 0.2) is 5.82 Å². The van der Waals surface area contributed by atoms with Gasteiger partial charge in [0.1, 0.15) is 6.04 Å². The lowest BCUT2D eigenvalue weighted by Gasteiger charge is -2.28. The molecule has 5 rings (SSSR count). The number of aromatic nitrogens is 4. The van der Waals surface area contributed by atoms with E-state index < -0.39 is 6.04 Å². The number of hydrogen-bond donors (Lipinski definition) is 2. The quantitative estimate of drug-likeness (QED) is 0.339. The molecule has 34 heavy (non-hydrogen) atoms. The van der Waals surface area contributed by atoms with E-state index in [1.54, 1.807) is 59.5 Å². The van der Waals surface area contributed by atoms with Gasteiger partial charge in [0.25, 0.3) is 5.91 Å². The maximum atomic E-state index is 13.4. The molecule has 0 radical (unpaired) electrons. The number of nitrogens with zero attached hydrogens (tertiary/aromatic N) is 4. The van der Waals surface area contributed by atoms with Gasteiger partial charge in [0.05, 0.1) is 27.5 Å². The molecule has 1 unspecified atom stereocenters. The van der Waals surface area contributed by atoms with Crippen LogP contribution in [-0.2, 0) is 4.79 Å². The predicted molar refractivity (Wildman–Crippen MR) is 134 cm³/mol. The molecule has 0 fully saturated rings. The molecular weight excluding hydrogens is 495 g/mol. The van der Waals surface area contributed by atoms with Gasteiger partial charge in [-0.15, -0.1) is 5.10 Å². The number of amides is 1. The minimum atomic E-state index is -0.547. The Morgan fingerprint density at radius 1 is 1.06 bits per heavy atom. The van der Waals surface area contributed by atoms with Crippen molar-refractivity contribution in [2.75, 3.05) is 10.6 Å². The van der Waals surface area contributed by atoms with Crippen LogP contribution in [0.15, 0.2) is 78.3 Å². The van der Waals surface area contributed by atoms with Crippen LogP contribution in [0.2, 0.25) is 15.1 Å². The number of nitrogens with one attached hydrogen (secondary N) is 2. The molecule has 1 aliphatic heterocycles. The van der Waals surface area contributed by atoms with Crippen LogP contribution in [0.5, 0.6) is 0 Å². The van der Waals surface area contributed by atoms with Crippen molar-refractivity contribution in [3.8, 4) is 11.4 Å². The van der Waals surface area contributed by atoms with Gasteiger partial charge in [-0.1, -0.05) is 46.9 Å². The van der Waals surface area contributed by atoms with Crippen molar-refractivity contribution in [1.82, 2.24) is 19.7 Å². The van der Waals surface area contributed by atoms with Gasteiger partial charge < -0.3 is 10.6 Å². The van der Waals surface area contributed by atoms with Crippen molar-refractivity contribution < 1.29 is 4.79 Å². The Balaban J connectivity index is 1.60. The fourth-order valence-electron chi connectivity index (χ4n) is 3.79. The van der Waals surface area contributed by atoms with Crippen LogP contribution in [0, 0.1) is 0 Å². The summed E-state index contributed by atoms with van der Waals surface area (Å²) in [6, 6.07) is 15.5. The second-order valence-corrected chi connectivity index (χ2v) is 8.90. The molecule has 2 aromatic heterocycles. The third kappa shape index (κ3) is 4.25. The minimum Gasteiger partial charge on any atom is -0.328 e. The van der Waals surface area contributed by atoms with Crippen LogP contribution in [0.25, 0.3) is 11.4 Å². The van der Waals surface area contributed by atoms with Gasteiger partial charge in [-0.2, -0.15) is 4.98 Å². The molecular formula is C24H17Cl3N6O. The molecule has 1 atom stereocenters. The lowest BCUT2D eigenvalue weighted by molar-refractivity contribution is -0.113. The summed E-state index contributed by atoms with van der Waals surface area (Å²) >= 11 is 18.4. The van der Waals surface area contributed by atoms with Gasteiger partial charge in [-0.25, -0.2) is 4.68 Å². The summed E-state index contributed by atoms with van der Waals surface area (Å²) in [6.07, 6.45) is 3.23. The van der Waals surface area contributed by atoms with Crippen molar-refractivity contribution in [3.63, 3.8) is 0 Å². The van der Waals surface area contributed by atoms with Crippen molar-refractivity contribution >= 4 is 52.3 Å². The molecule has 2 N–H and O–H groups in total. The minimum absolute atomic E-state index is 0.282. The first-order valence-corrected chi connectivity index (χ1v) is 11.4. The highest BCUT2D eigenvalue weighted by Gasteiger charge is 2.34. The number of carbonyl (C=O) groups excluding carboxylic acids is 1. The highest BCUT2D eigenvalue weighted by atomic mass is 35.5. The molecule has 170 valence electrons. The fraction of sp³-hybridized carbons (Fsp3) is 0.0833. The van der Waals surface area contributed by atoms with E-state index in [2.05, 4.69) is 20.6 Å². The van der Waals surface area contributed by atoms with Crippen LogP contribution >= 0.6 is 34.8 Å². The zero-order valence-corrected chi connectivity index (χ0v) is 20.0. The van der Waals surface area contributed by atoms with Gasteiger partial charge in [-0.05, 0) is 55.0 Å². The fourth-order valence-corrected chi connectivity index (χ4v) is 4.22. The number of benzene rings is 2. The largest absolute Gasteiger partial charge is 0.328 e. The molecule has 2 aromatic carbocycles. The Morgan fingerprint density at radius 2 is 1.85 bits per heavy atom. The van der Waals surface area contributed by atoms with E-state index in [0.717, 1.165) is 5.56 Å². The Hall–Kier alpha value is -3.39. The summed E-state index contributed by atoms with van der Waals surface area (Å²) in [4.78, 5) is 22.2. The van der Waals surface area contributed by atoms with Crippen molar-refractivity contribution in [3.05, 3.63) is 98.9 Å². The third-order valence-electron chi connectivity index (χ3n) is 5.38. The SMILES string of the molecule is CC1=C(C(=O)Nc2cccnc2)C(c2ccc(Cl)cc2)n2nc(-c3ccc(Cl)c(Cl)c3)nc2N1. The molecule has 1 amide bonds. The number of pyridine rings is 1. The smallest absolute Gasteiger partial charge is 0.255 e. The zero-order valence-electron chi connectivity index (χ0n) is 17.8. The van der Waals surface area contributed by atoms with Crippen LogP contribution in [0.3, 0.4) is 0 Å². The normalized spacial score (nSPS) is 15.0. The van der Waals surface area contributed by atoms with Crippen LogP contribution < -0.4 is 10.6 Å². The molecule has 0 spiro atoms. The van der Waals surface area contributed by atoms with E-state index >= 15 is 0 Å². The van der Waals surface area contributed by atoms with Gasteiger partial charge >= 0.3 is 0 Å². The second-order valence-electron chi connectivity index (χ2n) is 7.65. The van der Waals surface area contributed by atoms with Gasteiger partial charge in [0, 0.05) is 22.5 Å². The molecule has 4 aromatic rings. The lowest BCUT2D eigenvalue weighted by Crippen LogP contribution is -2.31. The average Bonchev–Trinajstić information content (AvgIpc) is 3.24. The first-order chi connectivity index (χ1) is 16.4. The van der Waals surface area contributed by atoms with E-state index in [4.69, 9.17) is 39.9 Å². The molecule has 0 bridgehead atoms. The van der Waals surface area contributed by atoms with Crippen molar-refractivity contribution in [2.45, 2.75) is 13.0 Å². The number of anilines is 2. The Morgan fingerprint density at radius 3 is 2.56 bits per heavy atom. The van der Waals surface area contributed by atoms with Gasteiger partial charge in [-0.3, -0.25) is 9.78 Å². The molecule has 0 saturated carbocycles. The lowest BCUT2D eigenvalue weighted by atomic mass is 9.95. The number of allylic oxidation sites excluding steroid dienone is 1. The molecule has 1 aliphatic rings. The van der Waals surface area contributed by atoms with E-state index in [-0.39, 0.29) is 5.91 Å². The number of carbonyl (C=O) groups is 1. The Bertz CT molecular complexity index is 1420. The van der Waals surface area contributed by atoms with E-state index in [0.29, 0.717) is 49.4 Å². The molecule has 0 aliphatic carbocycles. The topological polar surface area (TPSA) is 84.7 Å². The summed E-state index contributed by atoms with van der Waals surface area (Å²) in [7, 11) is 0. The third-order valence-corrected chi connectivity index (χ3v) is 6.37.